The van der Waals surface area contributed by atoms with Crippen molar-refractivity contribution in [2.75, 3.05) is 19.8 Å². The van der Waals surface area contributed by atoms with Crippen molar-refractivity contribution in [2.24, 2.45) is 5.92 Å². The Balaban J connectivity index is 1.65. The first-order chi connectivity index (χ1) is 14.0. The van der Waals surface area contributed by atoms with Crippen LogP contribution in [0.25, 0.3) is 0 Å². The Labute approximate surface area is 166 Å². The fourth-order valence-corrected chi connectivity index (χ4v) is 3.90. The van der Waals surface area contributed by atoms with Gasteiger partial charge in [-0.25, -0.2) is 4.79 Å². The summed E-state index contributed by atoms with van der Waals surface area (Å²) in [5, 5.41) is 0. The van der Waals surface area contributed by atoms with E-state index in [1.165, 1.54) is 23.8 Å². The minimum Gasteiger partial charge on any atom is -0.463 e. The summed E-state index contributed by atoms with van der Waals surface area (Å²) < 4.78 is 24.7. The number of carbonyl (C=O) groups excluding carboxylic acids is 1. The number of ether oxygens (including phenoxy) is 4. The minimum atomic E-state index is -1.05. The molecular formula is C20H22N2O7. The van der Waals surface area contributed by atoms with Gasteiger partial charge in [-0.1, -0.05) is 30.3 Å². The fourth-order valence-electron chi connectivity index (χ4n) is 3.90. The molecular weight excluding hydrogens is 380 g/mol. The largest absolute Gasteiger partial charge is 0.463 e. The van der Waals surface area contributed by atoms with Gasteiger partial charge in [0, 0.05) is 19.2 Å². The van der Waals surface area contributed by atoms with E-state index in [4.69, 9.17) is 18.9 Å². The lowest BCUT2D eigenvalue weighted by Crippen LogP contribution is -2.54. The quantitative estimate of drug-likeness (QED) is 0.705. The molecule has 9 nitrogen and oxygen atoms in total. The molecule has 0 amide bonds. The second-order valence-electron chi connectivity index (χ2n) is 7.27. The standard InChI is InChI=1S/C20H22N2O7/c1-13(23)28-12-20-11-26-10-15(17(20)27-9-14-5-3-2-4-6-14)18(29-20)22-8-7-16(24)21-19(22)25/h2-8,15,17-18H,9-12H2,1H3,(H,21,24,25)/t15-,17+,18-,20-/m1/s1. The summed E-state index contributed by atoms with van der Waals surface area (Å²) in [7, 11) is 0. The average Bonchev–Trinajstić information content (AvgIpc) is 2.86. The Morgan fingerprint density at radius 3 is 2.79 bits per heavy atom. The summed E-state index contributed by atoms with van der Waals surface area (Å²) in [6, 6.07) is 10.9. The molecule has 2 bridgehead atoms. The summed E-state index contributed by atoms with van der Waals surface area (Å²) in [6.07, 6.45) is 0.193. The first kappa shape index (κ1) is 19.6. The Hall–Kier alpha value is -2.75. The number of fused-ring (bicyclic) bond motifs is 2. The SMILES string of the molecule is CC(=O)OC[C@@]12COC[C@@H]([C@H](n3ccc(=O)[nH]c3=O)O1)[C@@H]2OCc1ccccc1. The van der Waals surface area contributed by atoms with E-state index in [1.807, 2.05) is 30.3 Å². The molecule has 154 valence electrons. The highest BCUT2D eigenvalue weighted by Crippen LogP contribution is 2.46. The lowest BCUT2D eigenvalue weighted by atomic mass is 9.88. The van der Waals surface area contributed by atoms with Gasteiger partial charge in [-0.05, 0) is 5.56 Å². The first-order valence-corrected chi connectivity index (χ1v) is 9.34. The van der Waals surface area contributed by atoms with Crippen molar-refractivity contribution >= 4 is 5.97 Å². The lowest BCUT2D eigenvalue weighted by molar-refractivity contribution is -0.193. The lowest BCUT2D eigenvalue weighted by Gasteiger charge is -2.37. The molecule has 29 heavy (non-hydrogen) atoms. The number of esters is 1. The topological polar surface area (TPSA) is 109 Å². The minimum absolute atomic E-state index is 0.0626. The summed E-state index contributed by atoms with van der Waals surface area (Å²) in [5.74, 6) is -0.775. The van der Waals surface area contributed by atoms with E-state index in [1.54, 1.807) is 0 Å². The smallest absolute Gasteiger partial charge is 0.330 e. The van der Waals surface area contributed by atoms with Crippen LogP contribution >= 0.6 is 0 Å². The molecule has 9 heteroatoms. The molecule has 1 N–H and O–H groups in total. The van der Waals surface area contributed by atoms with Crippen molar-refractivity contribution in [3.05, 3.63) is 69.0 Å². The monoisotopic (exact) mass is 402 g/mol. The highest BCUT2D eigenvalue weighted by molar-refractivity contribution is 5.66. The average molecular weight is 402 g/mol. The molecule has 2 saturated heterocycles. The number of nitrogens with zero attached hydrogens (tertiary/aromatic N) is 1. The molecule has 2 fully saturated rings. The third-order valence-corrected chi connectivity index (χ3v) is 5.20. The van der Waals surface area contributed by atoms with Crippen LogP contribution in [0.1, 0.15) is 18.7 Å². The van der Waals surface area contributed by atoms with Crippen LogP contribution in [0.2, 0.25) is 0 Å². The van der Waals surface area contributed by atoms with Crippen molar-refractivity contribution in [3.63, 3.8) is 0 Å². The van der Waals surface area contributed by atoms with Gasteiger partial charge in [-0.15, -0.1) is 0 Å². The predicted molar refractivity (Wildman–Crippen MR) is 100 cm³/mol. The molecule has 0 radical (unpaired) electrons. The molecule has 1 aromatic carbocycles. The van der Waals surface area contributed by atoms with Crippen LogP contribution in [0.3, 0.4) is 0 Å². The van der Waals surface area contributed by atoms with E-state index in [0.29, 0.717) is 13.2 Å². The van der Waals surface area contributed by atoms with Crippen LogP contribution in [0.15, 0.2) is 52.2 Å². The van der Waals surface area contributed by atoms with E-state index in [9.17, 15) is 14.4 Å². The number of rotatable bonds is 6. The Morgan fingerprint density at radius 1 is 1.28 bits per heavy atom. The van der Waals surface area contributed by atoms with Gasteiger partial charge in [-0.3, -0.25) is 19.1 Å². The van der Waals surface area contributed by atoms with Gasteiger partial charge in [0.05, 0.1) is 25.7 Å². The van der Waals surface area contributed by atoms with E-state index in [0.717, 1.165) is 5.56 Å². The van der Waals surface area contributed by atoms with Gasteiger partial charge < -0.3 is 18.9 Å². The maximum atomic E-state index is 12.3. The molecule has 2 aliphatic rings. The molecule has 1 aromatic heterocycles. The van der Waals surface area contributed by atoms with Crippen molar-refractivity contribution in [1.29, 1.82) is 0 Å². The van der Waals surface area contributed by atoms with Crippen LogP contribution in [-0.2, 0) is 30.3 Å². The number of benzene rings is 1. The number of carbonyl (C=O) groups is 1. The summed E-state index contributed by atoms with van der Waals surface area (Å²) in [4.78, 5) is 37.4. The van der Waals surface area contributed by atoms with Crippen LogP contribution in [0.4, 0.5) is 0 Å². The van der Waals surface area contributed by atoms with Gasteiger partial charge in [0.1, 0.15) is 18.9 Å². The van der Waals surface area contributed by atoms with Gasteiger partial charge >= 0.3 is 11.7 Å². The van der Waals surface area contributed by atoms with E-state index >= 15 is 0 Å². The van der Waals surface area contributed by atoms with Crippen LogP contribution in [0, 0.1) is 5.92 Å². The second-order valence-corrected chi connectivity index (χ2v) is 7.27. The number of H-pyrrole nitrogens is 1. The first-order valence-electron chi connectivity index (χ1n) is 9.34. The molecule has 2 aliphatic heterocycles. The second kappa shape index (κ2) is 7.94. The van der Waals surface area contributed by atoms with Gasteiger partial charge in [0.25, 0.3) is 5.56 Å². The Bertz CT molecular complexity index is 986. The molecule has 4 rings (SSSR count). The third-order valence-electron chi connectivity index (χ3n) is 5.20. The summed E-state index contributed by atoms with van der Waals surface area (Å²) in [6.45, 7) is 2.05. The maximum Gasteiger partial charge on any atom is 0.330 e. The van der Waals surface area contributed by atoms with Crippen LogP contribution in [0.5, 0.6) is 0 Å². The van der Waals surface area contributed by atoms with Crippen molar-refractivity contribution in [1.82, 2.24) is 9.55 Å². The molecule has 0 spiro atoms. The zero-order valence-electron chi connectivity index (χ0n) is 15.9. The van der Waals surface area contributed by atoms with Crippen molar-refractivity contribution in [3.8, 4) is 0 Å². The van der Waals surface area contributed by atoms with Gasteiger partial charge in [0.2, 0.25) is 0 Å². The van der Waals surface area contributed by atoms with Gasteiger partial charge in [0.15, 0.2) is 5.60 Å². The Kier molecular flexibility index (Phi) is 5.35. The number of aromatic nitrogens is 2. The zero-order chi connectivity index (χ0) is 20.4. The number of nitrogens with one attached hydrogen (secondary N) is 1. The highest BCUT2D eigenvalue weighted by Gasteiger charge is 2.60. The molecule has 3 heterocycles. The number of hydrogen-bond acceptors (Lipinski definition) is 7. The molecule has 0 aliphatic carbocycles. The van der Waals surface area contributed by atoms with Crippen molar-refractivity contribution in [2.45, 2.75) is 31.5 Å². The molecule has 2 aromatic rings. The number of hydrogen-bond donors (Lipinski definition) is 1. The molecule has 4 atom stereocenters. The fraction of sp³-hybridized carbons (Fsp3) is 0.450. The maximum absolute atomic E-state index is 12.3. The highest BCUT2D eigenvalue weighted by atomic mass is 16.6. The van der Waals surface area contributed by atoms with Crippen molar-refractivity contribution < 1.29 is 23.7 Å². The summed E-state index contributed by atoms with van der Waals surface area (Å²) in [5.41, 5.74) is -1.14. The molecule has 0 unspecified atom stereocenters. The normalized spacial score (nSPS) is 28.2. The van der Waals surface area contributed by atoms with Crippen LogP contribution in [-0.4, -0.2) is 47.0 Å². The van der Waals surface area contributed by atoms with E-state index in [-0.39, 0.29) is 19.1 Å². The van der Waals surface area contributed by atoms with Gasteiger partial charge in [-0.2, -0.15) is 0 Å². The van der Waals surface area contributed by atoms with E-state index in [2.05, 4.69) is 4.98 Å². The third kappa shape index (κ3) is 3.89. The van der Waals surface area contributed by atoms with Crippen LogP contribution < -0.4 is 11.2 Å². The van der Waals surface area contributed by atoms with E-state index < -0.39 is 35.2 Å². The predicted octanol–water partition coefficient (Wildman–Crippen LogP) is 0.599. The number of aromatic amines is 1. The zero-order valence-corrected chi connectivity index (χ0v) is 15.9. The Morgan fingerprint density at radius 2 is 2.07 bits per heavy atom. The molecule has 0 saturated carbocycles. The summed E-state index contributed by atoms with van der Waals surface area (Å²) >= 11 is 0.